The summed E-state index contributed by atoms with van der Waals surface area (Å²) >= 11 is 0. The van der Waals surface area contributed by atoms with Crippen molar-refractivity contribution < 1.29 is 22.7 Å². The highest BCUT2D eigenvalue weighted by Crippen LogP contribution is 2.22. The second-order valence-electron chi connectivity index (χ2n) is 5.70. The van der Waals surface area contributed by atoms with E-state index in [-0.39, 0.29) is 0 Å². The monoisotopic (exact) mass is 360 g/mol. The van der Waals surface area contributed by atoms with E-state index in [1.165, 1.54) is 12.1 Å². The van der Waals surface area contributed by atoms with E-state index in [1.54, 1.807) is 36.4 Å². The van der Waals surface area contributed by atoms with Gasteiger partial charge in [0.1, 0.15) is 0 Å². The average Bonchev–Trinajstić information content (AvgIpc) is 2.55. The highest BCUT2D eigenvalue weighted by Gasteiger charge is 2.31. The van der Waals surface area contributed by atoms with Crippen LogP contribution in [0.2, 0.25) is 0 Å². The minimum Gasteiger partial charge on any atom is -0.448 e. The van der Waals surface area contributed by atoms with Gasteiger partial charge in [0.05, 0.1) is 11.8 Å². The molecule has 1 heterocycles. The second-order valence-corrected chi connectivity index (χ2v) is 7.44. The van der Waals surface area contributed by atoms with Crippen molar-refractivity contribution in [2.24, 2.45) is 0 Å². The van der Waals surface area contributed by atoms with Gasteiger partial charge in [-0.25, -0.2) is 13.2 Å². The molecular formula is C17H16N2O5S. The third kappa shape index (κ3) is 4.16. The fraction of sp³-hybridized carbons (Fsp3) is 0.176. The van der Waals surface area contributed by atoms with Crippen LogP contribution in [0.15, 0.2) is 48.5 Å². The molecule has 1 amide bonds. The molecule has 0 saturated carbocycles. The maximum atomic E-state index is 12.3. The van der Waals surface area contributed by atoms with Gasteiger partial charge < -0.3 is 10.1 Å². The van der Waals surface area contributed by atoms with Gasteiger partial charge in [0.15, 0.2) is 6.10 Å². The van der Waals surface area contributed by atoms with Crippen molar-refractivity contribution in [1.82, 2.24) is 0 Å². The van der Waals surface area contributed by atoms with Crippen molar-refractivity contribution in [3.05, 3.63) is 59.7 Å². The molecule has 7 nitrogen and oxygen atoms in total. The Morgan fingerprint density at radius 1 is 1.08 bits per heavy atom. The number of esters is 1. The van der Waals surface area contributed by atoms with Crippen LogP contribution >= 0.6 is 0 Å². The summed E-state index contributed by atoms with van der Waals surface area (Å²) in [6.45, 7) is 0. The molecule has 25 heavy (non-hydrogen) atoms. The number of cyclic esters (lactones) is 1. The summed E-state index contributed by atoms with van der Waals surface area (Å²) in [4.78, 5) is 24.3. The number of ether oxygens (including phenoxy) is 1. The van der Waals surface area contributed by atoms with E-state index in [1.807, 2.05) is 0 Å². The molecule has 0 aliphatic carbocycles. The molecule has 0 unspecified atom stereocenters. The lowest BCUT2D eigenvalue weighted by Crippen LogP contribution is -2.37. The van der Waals surface area contributed by atoms with Gasteiger partial charge in [0.2, 0.25) is 10.0 Å². The molecule has 1 aliphatic rings. The summed E-state index contributed by atoms with van der Waals surface area (Å²) in [5.74, 6) is -0.957. The zero-order valence-electron chi connectivity index (χ0n) is 13.4. The molecule has 1 atom stereocenters. The Bertz CT molecular complexity index is 922. The van der Waals surface area contributed by atoms with Crippen molar-refractivity contribution in [1.29, 1.82) is 0 Å². The van der Waals surface area contributed by atoms with Crippen LogP contribution in [-0.4, -0.2) is 32.7 Å². The Labute approximate surface area is 145 Å². The smallest absolute Gasteiger partial charge is 0.339 e. The van der Waals surface area contributed by atoms with Crippen molar-refractivity contribution in [3.8, 4) is 0 Å². The number of sulfonamides is 1. The van der Waals surface area contributed by atoms with Gasteiger partial charge in [-0.2, -0.15) is 0 Å². The van der Waals surface area contributed by atoms with E-state index in [4.69, 9.17) is 4.74 Å². The lowest BCUT2D eigenvalue weighted by atomic mass is 9.98. The maximum absolute atomic E-state index is 12.3. The number of benzene rings is 2. The van der Waals surface area contributed by atoms with Gasteiger partial charge in [-0.15, -0.1) is 0 Å². The Morgan fingerprint density at radius 3 is 2.40 bits per heavy atom. The first-order chi connectivity index (χ1) is 11.8. The second kappa shape index (κ2) is 6.56. The standard InChI is InChI=1S/C17H16N2O5S/c1-25(22,23)19-13-8-6-12(7-9-13)18-16(20)15-10-11-4-2-3-5-14(11)17(21)24-15/h2-9,15,19H,10H2,1H3,(H,18,20)/t15-/m0/s1. The molecule has 0 saturated heterocycles. The predicted molar refractivity (Wildman–Crippen MR) is 92.9 cm³/mol. The summed E-state index contributed by atoms with van der Waals surface area (Å²) in [7, 11) is -3.36. The number of carbonyl (C=O) groups is 2. The SMILES string of the molecule is CS(=O)(=O)Nc1ccc(NC(=O)[C@@H]2Cc3ccccc3C(=O)O2)cc1. The minimum absolute atomic E-state index is 0.307. The summed E-state index contributed by atoms with van der Waals surface area (Å²) in [6.07, 6.45) is 0.454. The summed E-state index contributed by atoms with van der Waals surface area (Å²) < 4.78 is 29.9. The highest BCUT2D eigenvalue weighted by molar-refractivity contribution is 7.92. The van der Waals surface area contributed by atoms with Crippen LogP contribution in [0.4, 0.5) is 11.4 Å². The number of fused-ring (bicyclic) bond motifs is 1. The number of hydrogen-bond acceptors (Lipinski definition) is 5. The molecule has 8 heteroatoms. The summed E-state index contributed by atoms with van der Waals surface area (Å²) in [5.41, 5.74) is 2.10. The number of nitrogens with one attached hydrogen (secondary N) is 2. The van der Waals surface area contributed by atoms with Crippen LogP contribution in [0.5, 0.6) is 0 Å². The third-order valence-electron chi connectivity index (χ3n) is 3.64. The maximum Gasteiger partial charge on any atom is 0.339 e. The predicted octanol–water partition coefficient (Wildman–Crippen LogP) is 1.78. The van der Waals surface area contributed by atoms with Crippen LogP contribution in [0.3, 0.4) is 0 Å². The molecule has 0 aromatic heterocycles. The van der Waals surface area contributed by atoms with Crippen LogP contribution in [-0.2, 0) is 26.0 Å². The number of amides is 1. The zero-order chi connectivity index (χ0) is 18.0. The molecule has 1 aliphatic heterocycles. The first-order valence-electron chi connectivity index (χ1n) is 7.49. The Hall–Kier alpha value is -2.87. The van der Waals surface area contributed by atoms with E-state index in [0.29, 0.717) is 23.4 Å². The van der Waals surface area contributed by atoms with Gasteiger partial charge in [-0.3, -0.25) is 9.52 Å². The van der Waals surface area contributed by atoms with Crippen molar-refractivity contribution in [2.75, 3.05) is 16.3 Å². The lowest BCUT2D eigenvalue weighted by molar-refractivity contribution is -0.125. The lowest BCUT2D eigenvalue weighted by Gasteiger charge is -2.23. The van der Waals surface area contributed by atoms with Gasteiger partial charge in [0, 0.05) is 17.8 Å². The van der Waals surface area contributed by atoms with E-state index in [2.05, 4.69) is 10.0 Å². The van der Waals surface area contributed by atoms with Crippen LogP contribution in [0.1, 0.15) is 15.9 Å². The molecule has 0 fully saturated rings. The van der Waals surface area contributed by atoms with Crippen LogP contribution < -0.4 is 10.0 Å². The van der Waals surface area contributed by atoms with E-state index >= 15 is 0 Å². The first-order valence-corrected chi connectivity index (χ1v) is 9.38. The average molecular weight is 360 g/mol. The molecule has 2 aromatic rings. The molecule has 0 radical (unpaired) electrons. The topological polar surface area (TPSA) is 102 Å². The zero-order valence-corrected chi connectivity index (χ0v) is 14.2. The van der Waals surface area contributed by atoms with Crippen LogP contribution in [0, 0.1) is 0 Å². The molecule has 2 aromatic carbocycles. The molecular weight excluding hydrogens is 344 g/mol. The first kappa shape index (κ1) is 17.0. The number of anilines is 2. The van der Waals surface area contributed by atoms with Gasteiger partial charge in [0.25, 0.3) is 5.91 Å². The highest BCUT2D eigenvalue weighted by atomic mass is 32.2. The molecule has 3 rings (SSSR count). The Morgan fingerprint density at radius 2 is 1.72 bits per heavy atom. The number of carbonyl (C=O) groups excluding carboxylic acids is 2. The van der Waals surface area contributed by atoms with Crippen molar-refractivity contribution >= 4 is 33.3 Å². The third-order valence-corrected chi connectivity index (χ3v) is 4.25. The minimum atomic E-state index is -3.36. The quantitative estimate of drug-likeness (QED) is 0.809. The fourth-order valence-corrected chi connectivity index (χ4v) is 3.10. The largest absolute Gasteiger partial charge is 0.448 e. The van der Waals surface area contributed by atoms with Crippen molar-refractivity contribution in [3.63, 3.8) is 0 Å². The molecule has 130 valence electrons. The Kier molecular flexibility index (Phi) is 4.45. The molecule has 0 bridgehead atoms. The van der Waals surface area contributed by atoms with Gasteiger partial charge in [-0.1, -0.05) is 18.2 Å². The molecule has 2 N–H and O–H groups in total. The van der Waals surface area contributed by atoms with Gasteiger partial charge in [-0.05, 0) is 35.9 Å². The number of hydrogen-bond donors (Lipinski definition) is 2. The van der Waals surface area contributed by atoms with Gasteiger partial charge >= 0.3 is 5.97 Å². The van der Waals surface area contributed by atoms with E-state index < -0.39 is 28.0 Å². The summed E-state index contributed by atoms with van der Waals surface area (Å²) in [6, 6.07) is 13.2. The Balaban J connectivity index is 1.68. The van der Waals surface area contributed by atoms with E-state index in [0.717, 1.165) is 11.8 Å². The summed E-state index contributed by atoms with van der Waals surface area (Å²) in [5, 5.41) is 2.66. The van der Waals surface area contributed by atoms with Crippen molar-refractivity contribution in [2.45, 2.75) is 12.5 Å². The number of rotatable bonds is 4. The molecule has 0 spiro atoms. The fourth-order valence-electron chi connectivity index (χ4n) is 2.54. The van der Waals surface area contributed by atoms with E-state index in [9.17, 15) is 18.0 Å². The normalized spacial score (nSPS) is 16.5. The van der Waals surface area contributed by atoms with Crippen LogP contribution in [0.25, 0.3) is 0 Å².